The molecule has 80 valence electrons. The van der Waals surface area contributed by atoms with Gasteiger partial charge in [-0.1, -0.05) is 47.6 Å². The summed E-state index contributed by atoms with van der Waals surface area (Å²) < 4.78 is 0. The molecule has 0 unspecified atom stereocenters. The molecule has 0 aromatic rings. The normalized spacial score (nSPS) is 18.4. The first kappa shape index (κ1) is 11.4. The molecule has 0 spiro atoms. The number of hydrogen-bond donors (Lipinski definition) is 1. The minimum Gasteiger partial charge on any atom is -0.387 e. The van der Waals surface area contributed by atoms with E-state index in [1.807, 2.05) is 0 Å². The maximum Gasteiger partial charge on any atom is 0.0363 e. The molecule has 0 fully saturated rings. The second-order valence-corrected chi connectivity index (χ2v) is 6.15. The predicted molar refractivity (Wildman–Crippen MR) is 63.1 cm³/mol. The van der Waals surface area contributed by atoms with E-state index < -0.39 is 0 Å². The summed E-state index contributed by atoms with van der Waals surface area (Å²) >= 11 is 0. The van der Waals surface area contributed by atoms with Gasteiger partial charge in [0.05, 0.1) is 0 Å². The van der Waals surface area contributed by atoms with Gasteiger partial charge in [-0.05, 0) is 22.0 Å². The number of hydrogen-bond acceptors (Lipinski definition) is 1. The summed E-state index contributed by atoms with van der Waals surface area (Å²) in [6, 6.07) is 0. The van der Waals surface area contributed by atoms with E-state index in [1.165, 1.54) is 11.1 Å². The summed E-state index contributed by atoms with van der Waals surface area (Å²) in [5, 5.41) is 3.37. The summed E-state index contributed by atoms with van der Waals surface area (Å²) in [6.45, 7) is 14.6. The van der Waals surface area contributed by atoms with Crippen LogP contribution >= 0.6 is 0 Å². The quantitative estimate of drug-likeness (QED) is 0.621. The van der Waals surface area contributed by atoms with Crippen molar-refractivity contribution >= 4 is 0 Å². The van der Waals surface area contributed by atoms with Crippen molar-refractivity contribution < 1.29 is 0 Å². The van der Waals surface area contributed by atoms with Gasteiger partial charge in [0, 0.05) is 12.7 Å². The highest BCUT2D eigenvalue weighted by Gasteiger charge is 2.23. The molecule has 14 heavy (non-hydrogen) atoms. The maximum atomic E-state index is 3.37. The van der Waals surface area contributed by atoms with Crippen LogP contribution in [0.1, 0.15) is 41.5 Å². The van der Waals surface area contributed by atoms with Crippen LogP contribution < -0.4 is 5.32 Å². The minimum atomic E-state index is 0.240. The highest BCUT2D eigenvalue weighted by molar-refractivity contribution is 5.34. The summed E-state index contributed by atoms with van der Waals surface area (Å²) in [4.78, 5) is 0. The number of rotatable bonds is 0. The molecule has 1 heteroatoms. The van der Waals surface area contributed by atoms with Gasteiger partial charge in [-0.3, -0.25) is 0 Å². The van der Waals surface area contributed by atoms with Gasteiger partial charge in [0.25, 0.3) is 0 Å². The van der Waals surface area contributed by atoms with Crippen LogP contribution in [0.2, 0.25) is 0 Å². The first-order chi connectivity index (χ1) is 6.21. The fourth-order valence-electron chi connectivity index (χ4n) is 1.47. The van der Waals surface area contributed by atoms with E-state index in [2.05, 4.69) is 59.1 Å². The minimum absolute atomic E-state index is 0.240. The highest BCUT2D eigenvalue weighted by atomic mass is 14.8. The molecule has 1 heterocycles. The van der Waals surface area contributed by atoms with Gasteiger partial charge in [-0.25, -0.2) is 0 Å². The van der Waals surface area contributed by atoms with Crippen LogP contribution in [0.4, 0.5) is 0 Å². The van der Waals surface area contributed by atoms with Crippen LogP contribution in [0.3, 0.4) is 0 Å². The van der Waals surface area contributed by atoms with Crippen LogP contribution in [-0.2, 0) is 0 Å². The Bertz CT molecular complexity index is 269. The van der Waals surface area contributed by atoms with E-state index in [9.17, 15) is 0 Å². The second kappa shape index (κ2) is 3.45. The highest BCUT2D eigenvalue weighted by Crippen LogP contribution is 2.33. The van der Waals surface area contributed by atoms with E-state index in [1.54, 1.807) is 0 Å². The molecule has 1 rings (SSSR count). The Morgan fingerprint density at radius 3 is 2.00 bits per heavy atom. The summed E-state index contributed by atoms with van der Waals surface area (Å²) in [6.07, 6.45) is 4.51. The smallest absolute Gasteiger partial charge is 0.0363 e. The van der Waals surface area contributed by atoms with Gasteiger partial charge in [-0.2, -0.15) is 0 Å². The topological polar surface area (TPSA) is 12.0 Å². The molecule has 0 aromatic heterocycles. The fraction of sp³-hybridized carbons (Fsp3) is 0.692. The van der Waals surface area contributed by atoms with Crippen molar-refractivity contribution in [3.05, 3.63) is 23.4 Å². The van der Waals surface area contributed by atoms with E-state index in [0.29, 0.717) is 0 Å². The Balaban J connectivity index is 2.95. The summed E-state index contributed by atoms with van der Waals surface area (Å²) in [7, 11) is 0. The molecule has 0 saturated heterocycles. The van der Waals surface area contributed by atoms with E-state index >= 15 is 0 Å². The molecular weight excluding hydrogens is 170 g/mol. The fourth-order valence-corrected chi connectivity index (χ4v) is 1.47. The van der Waals surface area contributed by atoms with Gasteiger partial charge >= 0.3 is 0 Å². The molecule has 1 N–H and O–H groups in total. The monoisotopic (exact) mass is 193 g/mol. The Morgan fingerprint density at radius 1 is 1.00 bits per heavy atom. The molecule has 0 aliphatic carbocycles. The molecule has 0 aromatic carbocycles. The van der Waals surface area contributed by atoms with Gasteiger partial charge in [0.1, 0.15) is 0 Å². The number of nitrogens with one attached hydrogen (secondary N) is 1. The van der Waals surface area contributed by atoms with Crippen molar-refractivity contribution in [2.24, 2.45) is 10.8 Å². The third-order valence-electron chi connectivity index (χ3n) is 2.71. The molecule has 0 atom stereocenters. The molecular formula is C13H23N. The van der Waals surface area contributed by atoms with Crippen LogP contribution in [0.15, 0.2) is 23.4 Å². The second-order valence-electron chi connectivity index (χ2n) is 6.15. The maximum absolute atomic E-state index is 3.37. The molecule has 0 radical (unpaired) electrons. The zero-order valence-electron chi connectivity index (χ0n) is 10.4. The average Bonchev–Trinajstić information content (AvgIpc) is 2.01. The van der Waals surface area contributed by atoms with Crippen LogP contribution in [0.25, 0.3) is 0 Å². The summed E-state index contributed by atoms with van der Waals surface area (Å²) in [5.74, 6) is 0. The molecule has 1 aliphatic rings. The standard InChI is InChI=1S/C13H23N/c1-12(2,3)10-7-11(9-14-8-10)13(4,5)6/h7-8,14H,9H2,1-6H3. The Hall–Kier alpha value is -0.720. The largest absolute Gasteiger partial charge is 0.387 e. The lowest BCUT2D eigenvalue weighted by Crippen LogP contribution is -2.26. The molecule has 0 amide bonds. The van der Waals surface area contributed by atoms with Gasteiger partial charge in [0.2, 0.25) is 0 Å². The predicted octanol–water partition coefficient (Wildman–Crippen LogP) is 3.49. The van der Waals surface area contributed by atoms with Crippen molar-refractivity contribution in [3.63, 3.8) is 0 Å². The Morgan fingerprint density at radius 2 is 1.57 bits per heavy atom. The SMILES string of the molecule is CC(C)(C)C1=CNCC(C(C)(C)C)=C1. The van der Waals surface area contributed by atoms with Crippen LogP contribution in [0, 0.1) is 10.8 Å². The zero-order valence-corrected chi connectivity index (χ0v) is 10.4. The van der Waals surface area contributed by atoms with Gasteiger partial charge < -0.3 is 5.32 Å². The lowest BCUT2D eigenvalue weighted by atomic mass is 9.79. The van der Waals surface area contributed by atoms with E-state index in [4.69, 9.17) is 0 Å². The molecule has 0 saturated carbocycles. The zero-order chi connectivity index (χ0) is 11.0. The number of dihydropyridines is 1. The van der Waals surface area contributed by atoms with Crippen LogP contribution in [0.5, 0.6) is 0 Å². The first-order valence-electron chi connectivity index (χ1n) is 5.36. The van der Waals surface area contributed by atoms with Gasteiger partial charge in [-0.15, -0.1) is 0 Å². The lowest BCUT2D eigenvalue weighted by molar-refractivity contribution is 0.466. The Kier molecular flexibility index (Phi) is 2.80. The number of allylic oxidation sites excluding steroid dienone is 2. The third kappa shape index (κ3) is 2.63. The van der Waals surface area contributed by atoms with E-state index in [-0.39, 0.29) is 10.8 Å². The van der Waals surface area contributed by atoms with Gasteiger partial charge in [0.15, 0.2) is 0 Å². The Labute approximate surface area is 88.3 Å². The first-order valence-corrected chi connectivity index (χ1v) is 5.36. The summed E-state index contributed by atoms with van der Waals surface area (Å²) in [5.41, 5.74) is 3.40. The molecule has 0 bridgehead atoms. The van der Waals surface area contributed by atoms with E-state index in [0.717, 1.165) is 6.54 Å². The van der Waals surface area contributed by atoms with Crippen molar-refractivity contribution in [2.45, 2.75) is 41.5 Å². The van der Waals surface area contributed by atoms with Crippen molar-refractivity contribution in [1.29, 1.82) is 0 Å². The lowest BCUT2D eigenvalue weighted by Gasteiger charge is -2.30. The average molecular weight is 193 g/mol. The van der Waals surface area contributed by atoms with Crippen molar-refractivity contribution in [3.8, 4) is 0 Å². The molecule has 1 nitrogen and oxygen atoms in total. The van der Waals surface area contributed by atoms with Crippen molar-refractivity contribution in [1.82, 2.24) is 5.32 Å². The third-order valence-corrected chi connectivity index (χ3v) is 2.71. The molecule has 1 aliphatic heterocycles. The van der Waals surface area contributed by atoms with Crippen LogP contribution in [-0.4, -0.2) is 6.54 Å². The van der Waals surface area contributed by atoms with Crippen molar-refractivity contribution in [2.75, 3.05) is 6.54 Å².